The van der Waals surface area contributed by atoms with E-state index in [1.807, 2.05) is 12.1 Å². The van der Waals surface area contributed by atoms with Gasteiger partial charge in [-0.05, 0) is 36.0 Å². The Labute approximate surface area is 114 Å². The highest BCUT2D eigenvalue weighted by atomic mass is 35.5. The van der Waals surface area contributed by atoms with Gasteiger partial charge in [-0.25, -0.2) is 0 Å². The molecule has 18 heavy (non-hydrogen) atoms. The molecule has 2 nitrogen and oxygen atoms in total. The summed E-state index contributed by atoms with van der Waals surface area (Å²) in [5.41, 5.74) is 1.50. The van der Waals surface area contributed by atoms with Crippen molar-refractivity contribution in [3.63, 3.8) is 0 Å². The maximum absolute atomic E-state index is 6.02. The third-order valence-corrected chi connectivity index (χ3v) is 4.20. The lowest BCUT2D eigenvalue weighted by Gasteiger charge is -2.27. The second-order valence-electron chi connectivity index (χ2n) is 6.00. The number of benzene rings is 1. The zero-order chi connectivity index (χ0) is 13.4. The Bertz CT molecular complexity index is 431. The quantitative estimate of drug-likeness (QED) is 0.767. The summed E-state index contributed by atoms with van der Waals surface area (Å²) >= 11 is 6.02. The summed E-state index contributed by atoms with van der Waals surface area (Å²) in [6.07, 6.45) is 2.03. The highest BCUT2D eigenvalue weighted by Gasteiger charge is 2.53. The topological polar surface area (TPSA) is 21.8 Å². The molecule has 1 aliphatic heterocycles. The predicted octanol–water partition coefficient (Wildman–Crippen LogP) is 4.10. The maximum Gasteiger partial charge on any atom is 0.137 e. The lowest BCUT2D eigenvalue weighted by atomic mass is 9.77. The van der Waals surface area contributed by atoms with E-state index in [0.717, 1.165) is 25.2 Å². The Kier molecular flexibility index (Phi) is 3.61. The van der Waals surface area contributed by atoms with Crippen LogP contribution >= 0.6 is 11.6 Å². The lowest BCUT2D eigenvalue weighted by Crippen LogP contribution is -2.30. The van der Waals surface area contributed by atoms with E-state index in [1.165, 1.54) is 5.56 Å². The highest BCUT2D eigenvalue weighted by molar-refractivity contribution is 6.32. The molecule has 1 fully saturated rings. The van der Waals surface area contributed by atoms with E-state index >= 15 is 0 Å². The van der Waals surface area contributed by atoms with Crippen LogP contribution in [-0.2, 0) is 11.2 Å². The van der Waals surface area contributed by atoms with Crippen molar-refractivity contribution in [1.29, 1.82) is 0 Å². The first kappa shape index (κ1) is 13.7. The zero-order valence-corrected chi connectivity index (χ0v) is 12.3. The normalized spacial score (nSPS) is 22.9. The summed E-state index contributed by atoms with van der Waals surface area (Å²) in [7, 11) is 1.64. The largest absolute Gasteiger partial charge is 0.495 e. The van der Waals surface area contributed by atoms with E-state index in [9.17, 15) is 0 Å². The molecular weight excluding hydrogens is 248 g/mol. The second-order valence-corrected chi connectivity index (χ2v) is 6.41. The number of halogens is 1. The van der Waals surface area contributed by atoms with Crippen molar-refractivity contribution in [2.24, 2.45) is 5.41 Å². The highest BCUT2D eigenvalue weighted by Crippen LogP contribution is 2.47. The monoisotopic (exact) mass is 268 g/mol. The molecule has 1 aromatic carbocycles. The van der Waals surface area contributed by atoms with Gasteiger partial charge in [0, 0.05) is 0 Å². The molecule has 0 amide bonds. The van der Waals surface area contributed by atoms with Crippen LogP contribution in [0.4, 0.5) is 0 Å². The first-order valence-corrected chi connectivity index (χ1v) is 6.72. The molecular formula is C15H21ClO2. The molecule has 3 heteroatoms. The van der Waals surface area contributed by atoms with Crippen molar-refractivity contribution in [1.82, 2.24) is 0 Å². The third kappa shape index (κ3) is 2.65. The molecule has 0 bridgehead atoms. The van der Waals surface area contributed by atoms with E-state index < -0.39 is 0 Å². The Hall–Kier alpha value is -0.730. The van der Waals surface area contributed by atoms with Gasteiger partial charge in [-0.15, -0.1) is 0 Å². The fraction of sp³-hybridized carbons (Fsp3) is 0.600. The predicted molar refractivity (Wildman–Crippen MR) is 74.5 cm³/mol. The first-order chi connectivity index (χ1) is 8.38. The van der Waals surface area contributed by atoms with Crippen LogP contribution < -0.4 is 4.74 Å². The molecule has 0 N–H and O–H groups in total. The van der Waals surface area contributed by atoms with E-state index in [-0.39, 0.29) is 11.0 Å². The summed E-state index contributed by atoms with van der Waals surface area (Å²) in [6, 6.07) is 5.97. The minimum atomic E-state index is 0.0554. The molecule has 1 aliphatic rings. The van der Waals surface area contributed by atoms with Crippen LogP contribution in [0.5, 0.6) is 5.75 Å². The molecule has 1 saturated heterocycles. The number of hydrogen-bond donors (Lipinski definition) is 0. The van der Waals surface area contributed by atoms with E-state index in [1.54, 1.807) is 7.11 Å². The summed E-state index contributed by atoms with van der Waals surface area (Å²) in [5, 5.41) is 0.662. The molecule has 1 heterocycles. The number of aryl methyl sites for hydroxylation is 1. The van der Waals surface area contributed by atoms with Crippen molar-refractivity contribution in [2.45, 2.75) is 39.2 Å². The summed E-state index contributed by atoms with van der Waals surface area (Å²) < 4.78 is 10.9. The van der Waals surface area contributed by atoms with Crippen LogP contribution in [0.1, 0.15) is 32.8 Å². The maximum atomic E-state index is 6.02. The van der Waals surface area contributed by atoms with Gasteiger partial charge in [-0.2, -0.15) is 0 Å². The van der Waals surface area contributed by atoms with Gasteiger partial charge < -0.3 is 9.47 Å². The molecule has 0 saturated carbocycles. The molecule has 1 aromatic rings. The third-order valence-electron chi connectivity index (χ3n) is 3.89. The van der Waals surface area contributed by atoms with Crippen LogP contribution in [0.3, 0.4) is 0 Å². The SMILES string of the molecule is COc1cc(CCC2(C(C)(C)C)CO2)ccc1Cl. The van der Waals surface area contributed by atoms with Gasteiger partial charge in [0.1, 0.15) is 5.75 Å². The average molecular weight is 269 g/mol. The number of methoxy groups -OCH3 is 1. The van der Waals surface area contributed by atoms with Gasteiger partial charge in [0.15, 0.2) is 0 Å². The van der Waals surface area contributed by atoms with Crippen LogP contribution in [0, 0.1) is 5.41 Å². The van der Waals surface area contributed by atoms with Gasteiger partial charge in [0.2, 0.25) is 0 Å². The lowest BCUT2D eigenvalue weighted by molar-refractivity contribution is 0.145. The molecule has 2 rings (SSSR count). The minimum absolute atomic E-state index is 0.0554. The molecule has 1 atom stereocenters. The van der Waals surface area contributed by atoms with Gasteiger partial charge >= 0.3 is 0 Å². The molecule has 0 spiro atoms. The van der Waals surface area contributed by atoms with Gasteiger partial charge in [-0.3, -0.25) is 0 Å². The Balaban J connectivity index is 2.03. The molecule has 100 valence electrons. The fourth-order valence-corrected chi connectivity index (χ4v) is 2.44. The van der Waals surface area contributed by atoms with Crippen molar-refractivity contribution in [3.05, 3.63) is 28.8 Å². The van der Waals surface area contributed by atoms with Crippen molar-refractivity contribution >= 4 is 11.6 Å². The van der Waals surface area contributed by atoms with E-state index in [0.29, 0.717) is 5.02 Å². The average Bonchev–Trinajstić information content (AvgIpc) is 3.08. The van der Waals surface area contributed by atoms with E-state index in [2.05, 4.69) is 26.8 Å². The van der Waals surface area contributed by atoms with Gasteiger partial charge in [0.25, 0.3) is 0 Å². The van der Waals surface area contributed by atoms with Crippen molar-refractivity contribution in [3.8, 4) is 5.75 Å². The molecule has 0 aliphatic carbocycles. The second kappa shape index (κ2) is 4.75. The van der Waals surface area contributed by atoms with Crippen molar-refractivity contribution < 1.29 is 9.47 Å². The summed E-state index contributed by atoms with van der Waals surface area (Å²) in [4.78, 5) is 0. The molecule has 0 radical (unpaired) electrons. The van der Waals surface area contributed by atoms with Gasteiger partial charge in [-0.1, -0.05) is 38.4 Å². The smallest absolute Gasteiger partial charge is 0.137 e. The first-order valence-electron chi connectivity index (χ1n) is 6.34. The summed E-state index contributed by atoms with van der Waals surface area (Å²) in [6.45, 7) is 7.59. The molecule has 0 aromatic heterocycles. The van der Waals surface area contributed by atoms with Crippen LogP contribution in [-0.4, -0.2) is 19.3 Å². The Morgan fingerprint density at radius 2 is 2.06 bits per heavy atom. The number of hydrogen-bond acceptors (Lipinski definition) is 2. The van der Waals surface area contributed by atoms with Crippen LogP contribution in [0.25, 0.3) is 0 Å². The Morgan fingerprint density at radius 1 is 1.39 bits per heavy atom. The number of ether oxygens (including phenoxy) is 2. The Morgan fingerprint density at radius 3 is 2.56 bits per heavy atom. The number of epoxide rings is 1. The fourth-order valence-electron chi connectivity index (χ4n) is 2.25. The molecule has 1 unspecified atom stereocenters. The minimum Gasteiger partial charge on any atom is -0.495 e. The van der Waals surface area contributed by atoms with Crippen LogP contribution in [0.15, 0.2) is 18.2 Å². The van der Waals surface area contributed by atoms with E-state index in [4.69, 9.17) is 21.1 Å². The number of rotatable bonds is 4. The van der Waals surface area contributed by atoms with Crippen molar-refractivity contribution in [2.75, 3.05) is 13.7 Å². The van der Waals surface area contributed by atoms with Gasteiger partial charge in [0.05, 0.1) is 24.3 Å². The zero-order valence-electron chi connectivity index (χ0n) is 11.5. The summed E-state index contributed by atoms with van der Waals surface area (Å²) in [5.74, 6) is 0.746. The van der Waals surface area contributed by atoms with Crippen LogP contribution in [0.2, 0.25) is 5.02 Å². The standard InChI is InChI=1S/C15H21ClO2/c1-14(2,3)15(10-18-15)8-7-11-5-6-12(16)13(9-11)17-4/h5-6,9H,7-8,10H2,1-4H3.